The Morgan fingerprint density at radius 3 is 2.59 bits per heavy atom. The zero-order valence-electron chi connectivity index (χ0n) is 15.3. The summed E-state index contributed by atoms with van der Waals surface area (Å²) in [6.07, 6.45) is 7.60. The van der Waals surface area contributed by atoms with Crippen LogP contribution in [0.3, 0.4) is 0 Å². The minimum atomic E-state index is -3.57. The Kier molecular flexibility index (Phi) is 6.07. The molecule has 1 aromatic carbocycles. The SMILES string of the molecule is CC(Cc1ccc(S(=O)(=O)/C=C/C#N)cc1)c1nnc(C2CCCCC2)o1. The van der Waals surface area contributed by atoms with E-state index in [1.54, 1.807) is 30.3 Å². The molecular formula is C20H23N3O3S. The van der Waals surface area contributed by atoms with Crippen LogP contribution < -0.4 is 0 Å². The molecule has 1 fully saturated rings. The summed E-state index contributed by atoms with van der Waals surface area (Å²) in [5, 5.41) is 17.9. The van der Waals surface area contributed by atoms with E-state index in [-0.39, 0.29) is 10.8 Å². The van der Waals surface area contributed by atoms with Gasteiger partial charge in [0, 0.05) is 23.3 Å². The molecule has 0 bridgehead atoms. The maximum atomic E-state index is 12.0. The van der Waals surface area contributed by atoms with Crippen LogP contribution in [0.25, 0.3) is 0 Å². The van der Waals surface area contributed by atoms with Crippen LogP contribution in [0.15, 0.2) is 45.1 Å². The second-order valence-electron chi connectivity index (χ2n) is 7.04. The van der Waals surface area contributed by atoms with Crippen molar-refractivity contribution in [1.29, 1.82) is 5.26 Å². The van der Waals surface area contributed by atoms with E-state index in [4.69, 9.17) is 9.68 Å². The maximum absolute atomic E-state index is 12.0. The van der Waals surface area contributed by atoms with Gasteiger partial charge in [0.05, 0.1) is 11.0 Å². The van der Waals surface area contributed by atoms with Crippen molar-refractivity contribution >= 4 is 9.84 Å². The van der Waals surface area contributed by atoms with Crippen LogP contribution in [-0.2, 0) is 16.3 Å². The fourth-order valence-corrected chi connectivity index (χ4v) is 4.33. The molecule has 1 atom stereocenters. The summed E-state index contributed by atoms with van der Waals surface area (Å²) < 4.78 is 30.0. The lowest BCUT2D eigenvalue weighted by Gasteiger charge is -2.17. The molecule has 1 unspecified atom stereocenters. The molecule has 0 spiro atoms. The van der Waals surface area contributed by atoms with Crippen LogP contribution in [0, 0.1) is 11.3 Å². The fraction of sp³-hybridized carbons (Fsp3) is 0.450. The summed E-state index contributed by atoms with van der Waals surface area (Å²) in [4.78, 5) is 0.169. The Morgan fingerprint density at radius 2 is 1.93 bits per heavy atom. The molecule has 6 nitrogen and oxygen atoms in total. The topological polar surface area (TPSA) is 96.8 Å². The van der Waals surface area contributed by atoms with E-state index in [0.717, 1.165) is 35.8 Å². The number of hydrogen-bond acceptors (Lipinski definition) is 6. The van der Waals surface area contributed by atoms with E-state index < -0.39 is 9.84 Å². The van der Waals surface area contributed by atoms with Gasteiger partial charge in [0.2, 0.25) is 21.6 Å². The molecule has 1 heterocycles. The molecule has 3 rings (SSSR count). The molecule has 7 heteroatoms. The number of nitrogens with zero attached hydrogens (tertiary/aromatic N) is 3. The van der Waals surface area contributed by atoms with Gasteiger partial charge in [-0.2, -0.15) is 5.26 Å². The molecule has 1 aliphatic carbocycles. The number of sulfone groups is 1. The van der Waals surface area contributed by atoms with Crippen LogP contribution in [0.4, 0.5) is 0 Å². The molecule has 1 aromatic heterocycles. The monoisotopic (exact) mass is 385 g/mol. The zero-order valence-corrected chi connectivity index (χ0v) is 16.2. The van der Waals surface area contributed by atoms with Crippen molar-refractivity contribution in [3.63, 3.8) is 0 Å². The van der Waals surface area contributed by atoms with E-state index in [1.165, 1.54) is 19.3 Å². The highest BCUT2D eigenvalue weighted by Crippen LogP contribution is 2.32. The number of hydrogen-bond donors (Lipinski definition) is 0. The van der Waals surface area contributed by atoms with Crippen LogP contribution in [0.2, 0.25) is 0 Å². The number of allylic oxidation sites excluding steroid dienone is 1. The first kappa shape index (κ1) is 19.3. The summed E-state index contributed by atoms with van der Waals surface area (Å²) in [5.74, 6) is 1.82. The van der Waals surface area contributed by atoms with Crippen molar-refractivity contribution in [3.8, 4) is 6.07 Å². The lowest BCUT2D eigenvalue weighted by molar-refractivity contribution is 0.343. The van der Waals surface area contributed by atoms with E-state index >= 15 is 0 Å². The summed E-state index contributed by atoms with van der Waals surface area (Å²) in [5.41, 5.74) is 0.989. The van der Waals surface area contributed by atoms with E-state index in [2.05, 4.69) is 10.2 Å². The molecule has 0 amide bonds. The normalized spacial score (nSPS) is 17.0. The fourth-order valence-electron chi connectivity index (χ4n) is 3.41. The first-order valence-corrected chi connectivity index (χ1v) is 10.8. The second kappa shape index (κ2) is 8.49. The van der Waals surface area contributed by atoms with Gasteiger partial charge in [-0.3, -0.25) is 0 Å². The smallest absolute Gasteiger partial charge is 0.219 e. The standard InChI is InChI=1S/C20H23N3O3S/c1-15(19-22-23-20(26-19)17-6-3-2-4-7-17)14-16-8-10-18(11-9-16)27(24,25)13-5-12-21/h5,8-11,13,15,17H,2-4,6-7,14H2,1H3/b13-5+. The van der Waals surface area contributed by atoms with Gasteiger partial charge >= 0.3 is 0 Å². The predicted octanol–water partition coefficient (Wildman–Crippen LogP) is 4.27. The van der Waals surface area contributed by atoms with Crippen LogP contribution >= 0.6 is 0 Å². The van der Waals surface area contributed by atoms with Crippen molar-refractivity contribution in [3.05, 3.63) is 53.1 Å². The molecule has 1 saturated carbocycles. The van der Waals surface area contributed by atoms with Gasteiger partial charge < -0.3 is 4.42 Å². The number of rotatable bonds is 6. The van der Waals surface area contributed by atoms with Crippen molar-refractivity contribution < 1.29 is 12.8 Å². The summed E-state index contributed by atoms with van der Waals surface area (Å²) >= 11 is 0. The van der Waals surface area contributed by atoms with Gasteiger partial charge in [0.15, 0.2) is 0 Å². The van der Waals surface area contributed by atoms with Gasteiger partial charge in [0.25, 0.3) is 0 Å². The lowest BCUT2D eigenvalue weighted by Crippen LogP contribution is -2.04. The molecule has 1 aliphatic rings. The van der Waals surface area contributed by atoms with E-state index in [0.29, 0.717) is 18.2 Å². The van der Waals surface area contributed by atoms with Crippen LogP contribution in [-0.4, -0.2) is 18.6 Å². The quantitative estimate of drug-likeness (QED) is 0.689. The molecule has 0 N–H and O–H groups in total. The van der Waals surface area contributed by atoms with Crippen molar-refractivity contribution in [1.82, 2.24) is 10.2 Å². The summed E-state index contributed by atoms with van der Waals surface area (Å²) in [6, 6.07) is 8.36. The highest BCUT2D eigenvalue weighted by atomic mass is 32.2. The number of benzene rings is 1. The number of aromatic nitrogens is 2. The average molecular weight is 385 g/mol. The van der Waals surface area contributed by atoms with E-state index in [9.17, 15) is 8.42 Å². The Bertz CT molecular complexity index is 934. The Labute approximate surface area is 159 Å². The van der Waals surface area contributed by atoms with Gasteiger partial charge in [-0.25, -0.2) is 8.42 Å². The third kappa shape index (κ3) is 4.83. The van der Waals surface area contributed by atoms with Crippen LogP contribution in [0.5, 0.6) is 0 Å². The molecule has 0 saturated heterocycles. The molecule has 142 valence electrons. The first-order valence-electron chi connectivity index (χ1n) is 9.23. The van der Waals surface area contributed by atoms with Gasteiger partial charge in [0.1, 0.15) is 0 Å². The molecule has 2 aromatic rings. The zero-order chi connectivity index (χ0) is 19.3. The van der Waals surface area contributed by atoms with Crippen molar-refractivity contribution in [2.75, 3.05) is 0 Å². The third-order valence-corrected chi connectivity index (χ3v) is 6.37. The maximum Gasteiger partial charge on any atom is 0.219 e. The second-order valence-corrected chi connectivity index (χ2v) is 8.87. The molecular weight excluding hydrogens is 362 g/mol. The first-order chi connectivity index (χ1) is 13.0. The van der Waals surface area contributed by atoms with Crippen molar-refractivity contribution in [2.24, 2.45) is 0 Å². The molecule has 0 aliphatic heterocycles. The Hall–Kier alpha value is -2.46. The minimum Gasteiger partial charge on any atom is -0.425 e. The van der Waals surface area contributed by atoms with Crippen molar-refractivity contribution in [2.45, 2.75) is 62.2 Å². The number of nitriles is 1. The third-order valence-electron chi connectivity index (χ3n) is 4.95. The highest BCUT2D eigenvalue weighted by Gasteiger charge is 2.23. The minimum absolute atomic E-state index is 0.0517. The predicted molar refractivity (Wildman–Crippen MR) is 101 cm³/mol. The van der Waals surface area contributed by atoms with Gasteiger partial charge in [-0.05, 0) is 37.0 Å². The van der Waals surface area contributed by atoms with E-state index in [1.807, 2.05) is 6.92 Å². The highest BCUT2D eigenvalue weighted by molar-refractivity contribution is 7.94. The lowest BCUT2D eigenvalue weighted by atomic mass is 9.89. The average Bonchev–Trinajstić information content (AvgIpc) is 3.18. The largest absolute Gasteiger partial charge is 0.425 e. The van der Waals surface area contributed by atoms with Crippen LogP contribution in [0.1, 0.15) is 68.2 Å². The molecule has 27 heavy (non-hydrogen) atoms. The Balaban J connectivity index is 1.66. The summed E-state index contributed by atoms with van der Waals surface area (Å²) in [6.45, 7) is 2.03. The summed E-state index contributed by atoms with van der Waals surface area (Å²) in [7, 11) is -3.57. The Morgan fingerprint density at radius 1 is 1.22 bits per heavy atom. The van der Waals surface area contributed by atoms with Gasteiger partial charge in [-0.1, -0.05) is 38.3 Å². The van der Waals surface area contributed by atoms with Gasteiger partial charge in [-0.15, -0.1) is 10.2 Å². The molecule has 0 radical (unpaired) electrons.